The van der Waals surface area contributed by atoms with Crippen molar-refractivity contribution in [2.24, 2.45) is 0 Å². The second-order valence-corrected chi connectivity index (χ2v) is 6.96. The van der Waals surface area contributed by atoms with E-state index in [0.717, 1.165) is 19.1 Å². The molecule has 0 radical (unpaired) electrons. The zero-order chi connectivity index (χ0) is 12.0. The van der Waals surface area contributed by atoms with Crippen molar-refractivity contribution in [1.29, 1.82) is 0 Å². The van der Waals surface area contributed by atoms with Crippen LogP contribution in [0.5, 0.6) is 0 Å². The predicted molar refractivity (Wildman–Crippen MR) is 66.1 cm³/mol. The summed E-state index contributed by atoms with van der Waals surface area (Å²) in [5.41, 5.74) is 1.36. The first-order valence-corrected chi connectivity index (χ1v) is 7.32. The first kappa shape index (κ1) is 13.4. The molecule has 0 saturated heterocycles. The van der Waals surface area contributed by atoms with Crippen molar-refractivity contribution in [3.8, 4) is 0 Å². The van der Waals surface area contributed by atoms with Gasteiger partial charge in [-0.15, -0.1) is 0 Å². The maximum Gasteiger partial charge on any atom is 0.501 e. The molecule has 0 spiro atoms. The molecule has 0 amide bonds. The van der Waals surface area contributed by atoms with E-state index < -0.39 is 8.80 Å². The molecule has 5 heteroatoms. The van der Waals surface area contributed by atoms with Crippen molar-refractivity contribution in [3.05, 3.63) is 23.9 Å². The van der Waals surface area contributed by atoms with Gasteiger partial charge in [-0.2, -0.15) is 0 Å². The number of hydrogen-bond donors (Lipinski definition) is 0. The summed E-state index contributed by atoms with van der Waals surface area (Å²) in [6, 6.07) is 0.800. The molecular weight excluding hydrogens is 222 g/mol. The van der Waals surface area contributed by atoms with Gasteiger partial charge in [0.25, 0.3) is 0 Å². The maximum absolute atomic E-state index is 5.38. The second kappa shape index (κ2) is 6.20. The number of rotatable bonds is 6. The van der Waals surface area contributed by atoms with Crippen LogP contribution in [0.4, 0.5) is 0 Å². The first-order valence-electron chi connectivity index (χ1n) is 5.39. The predicted octanol–water partition coefficient (Wildman–Crippen LogP) is 1.64. The van der Waals surface area contributed by atoms with E-state index in [1.165, 1.54) is 5.57 Å². The Balaban J connectivity index is 2.44. The third kappa shape index (κ3) is 3.45. The van der Waals surface area contributed by atoms with E-state index in [-0.39, 0.29) is 0 Å². The van der Waals surface area contributed by atoms with Crippen molar-refractivity contribution in [3.63, 3.8) is 0 Å². The van der Waals surface area contributed by atoms with Crippen LogP contribution >= 0.6 is 0 Å². The highest BCUT2D eigenvalue weighted by atomic mass is 28.4. The fourth-order valence-electron chi connectivity index (χ4n) is 1.75. The molecule has 0 aromatic carbocycles. The third-order valence-corrected chi connectivity index (χ3v) is 5.47. The summed E-state index contributed by atoms with van der Waals surface area (Å²) in [5, 5.41) is 0. The van der Waals surface area contributed by atoms with Gasteiger partial charge in [0.2, 0.25) is 0 Å². The number of nitrogens with zero attached hydrogens (tertiary/aromatic N) is 1. The molecule has 0 aliphatic carbocycles. The van der Waals surface area contributed by atoms with Crippen LogP contribution in [0.3, 0.4) is 0 Å². The maximum atomic E-state index is 5.38. The molecule has 0 fully saturated rings. The number of hydrogen-bond acceptors (Lipinski definition) is 4. The summed E-state index contributed by atoms with van der Waals surface area (Å²) in [4.78, 5) is 2.24. The lowest BCUT2D eigenvalue weighted by Crippen LogP contribution is -2.45. The van der Waals surface area contributed by atoms with Crippen molar-refractivity contribution >= 4 is 8.80 Å². The lowest BCUT2D eigenvalue weighted by atomic mass is 10.2. The molecule has 0 unspecified atom stereocenters. The zero-order valence-electron chi connectivity index (χ0n) is 10.5. The molecule has 0 atom stereocenters. The van der Waals surface area contributed by atoms with Crippen molar-refractivity contribution in [2.75, 3.05) is 34.4 Å². The fourth-order valence-corrected chi connectivity index (χ4v) is 3.42. The summed E-state index contributed by atoms with van der Waals surface area (Å²) >= 11 is 0. The molecule has 16 heavy (non-hydrogen) atoms. The molecule has 0 bridgehead atoms. The first-order chi connectivity index (χ1) is 7.65. The Morgan fingerprint density at radius 1 is 1.25 bits per heavy atom. The van der Waals surface area contributed by atoms with E-state index >= 15 is 0 Å². The van der Waals surface area contributed by atoms with Crippen LogP contribution in [0.2, 0.25) is 6.04 Å². The van der Waals surface area contributed by atoms with Gasteiger partial charge in [0.15, 0.2) is 0 Å². The standard InChI is InChI=1S/C11H21NO3Si/c1-11-6-5-7-12(10-11)8-9-16(13-2,14-3)15-4/h5-7H,8-10H2,1-4H3. The Bertz CT molecular complexity index is 266. The highest BCUT2D eigenvalue weighted by Gasteiger charge is 2.37. The van der Waals surface area contributed by atoms with Gasteiger partial charge >= 0.3 is 8.80 Å². The zero-order valence-corrected chi connectivity index (χ0v) is 11.5. The van der Waals surface area contributed by atoms with Gasteiger partial charge in [0, 0.05) is 40.5 Å². The highest BCUT2D eigenvalue weighted by Crippen LogP contribution is 2.15. The largest absolute Gasteiger partial charge is 0.501 e. The van der Waals surface area contributed by atoms with Crippen LogP contribution in [-0.4, -0.2) is 48.1 Å². The van der Waals surface area contributed by atoms with E-state index in [1.807, 2.05) is 0 Å². The Morgan fingerprint density at radius 2 is 1.88 bits per heavy atom. The average Bonchev–Trinajstić information content (AvgIpc) is 2.32. The van der Waals surface area contributed by atoms with E-state index in [1.54, 1.807) is 21.3 Å². The average molecular weight is 243 g/mol. The molecule has 92 valence electrons. The molecule has 1 aliphatic heterocycles. The Labute approximate surface area is 98.9 Å². The summed E-state index contributed by atoms with van der Waals surface area (Å²) in [6.07, 6.45) is 6.28. The molecule has 1 heterocycles. The lowest BCUT2D eigenvalue weighted by molar-refractivity contribution is 0.121. The summed E-state index contributed by atoms with van der Waals surface area (Å²) < 4.78 is 16.1. The fraction of sp³-hybridized carbons (Fsp3) is 0.636. The van der Waals surface area contributed by atoms with Crippen molar-refractivity contribution in [2.45, 2.75) is 13.0 Å². The summed E-state index contributed by atoms with van der Waals surface area (Å²) in [5.74, 6) is 0. The molecule has 0 saturated carbocycles. The highest BCUT2D eigenvalue weighted by molar-refractivity contribution is 6.60. The van der Waals surface area contributed by atoms with Gasteiger partial charge in [-0.25, -0.2) is 0 Å². The molecule has 1 rings (SSSR count). The van der Waals surface area contributed by atoms with E-state index in [0.29, 0.717) is 0 Å². The third-order valence-electron chi connectivity index (χ3n) is 2.77. The van der Waals surface area contributed by atoms with Crippen molar-refractivity contribution in [1.82, 2.24) is 4.90 Å². The SMILES string of the molecule is CO[Si](CCN1C=CC=C(C)C1)(OC)OC. The molecule has 1 aliphatic rings. The van der Waals surface area contributed by atoms with Gasteiger partial charge in [0.05, 0.1) is 0 Å². The van der Waals surface area contributed by atoms with E-state index in [9.17, 15) is 0 Å². The minimum absolute atomic E-state index is 0.800. The van der Waals surface area contributed by atoms with Gasteiger partial charge in [-0.1, -0.05) is 11.6 Å². The topological polar surface area (TPSA) is 30.9 Å². The van der Waals surface area contributed by atoms with Gasteiger partial charge in [0.1, 0.15) is 0 Å². The summed E-state index contributed by atoms with van der Waals surface area (Å²) in [7, 11) is 2.53. The van der Waals surface area contributed by atoms with Crippen molar-refractivity contribution < 1.29 is 13.3 Å². The van der Waals surface area contributed by atoms with Crippen LogP contribution < -0.4 is 0 Å². The van der Waals surface area contributed by atoms with E-state index in [4.69, 9.17) is 13.3 Å². The Kier molecular flexibility index (Phi) is 5.21. The monoisotopic (exact) mass is 243 g/mol. The Hall–Kier alpha value is -0.623. The Morgan fingerprint density at radius 3 is 2.38 bits per heavy atom. The number of allylic oxidation sites excluding steroid dienone is 2. The minimum atomic E-state index is -2.42. The quantitative estimate of drug-likeness (QED) is 0.664. The van der Waals surface area contributed by atoms with Crippen LogP contribution in [0.15, 0.2) is 23.9 Å². The molecule has 0 N–H and O–H groups in total. The minimum Gasteiger partial charge on any atom is -0.377 e. The van der Waals surface area contributed by atoms with Gasteiger partial charge < -0.3 is 18.2 Å². The summed E-state index contributed by atoms with van der Waals surface area (Å²) in [6.45, 7) is 3.99. The second-order valence-electron chi connectivity index (χ2n) is 3.87. The molecular formula is C11H21NO3Si. The smallest absolute Gasteiger partial charge is 0.377 e. The van der Waals surface area contributed by atoms with Crippen LogP contribution in [0.1, 0.15) is 6.92 Å². The molecule has 4 nitrogen and oxygen atoms in total. The van der Waals surface area contributed by atoms with Gasteiger partial charge in [-0.05, 0) is 19.2 Å². The molecule has 0 aromatic heterocycles. The normalized spacial score (nSPS) is 16.5. The van der Waals surface area contributed by atoms with Gasteiger partial charge in [-0.3, -0.25) is 0 Å². The lowest BCUT2D eigenvalue weighted by Gasteiger charge is -2.29. The van der Waals surface area contributed by atoms with E-state index in [2.05, 4.69) is 30.2 Å². The van der Waals surface area contributed by atoms with Crippen LogP contribution in [0, 0.1) is 0 Å². The molecule has 0 aromatic rings. The van der Waals surface area contributed by atoms with Crippen LogP contribution in [0.25, 0.3) is 0 Å². The van der Waals surface area contributed by atoms with Crippen LogP contribution in [-0.2, 0) is 13.3 Å².